The van der Waals surface area contributed by atoms with Crippen LogP contribution in [0.5, 0.6) is 11.6 Å². The van der Waals surface area contributed by atoms with Gasteiger partial charge in [0.25, 0.3) is 0 Å². The van der Waals surface area contributed by atoms with Gasteiger partial charge in [-0.1, -0.05) is 48.5 Å². The highest BCUT2D eigenvalue weighted by atomic mass is 19.1. The highest BCUT2D eigenvalue weighted by Gasteiger charge is 2.24. The van der Waals surface area contributed by atoms with Crippen molar-refractivity contribution in [2.75, 3.05) is 26.8 Å². The molecule has 0 spiro atoms. The van der Waals surface area contributed by atoms with Gasteiger partial charge in [-0.25, -0.2) is 9.07 Å². The molecule has 0 aliphatic heterocycles. The summed E-state index contributed by atoms with van der Waals surface area (Å²) in [6.45, 7) is 5.77. The molecule has 0 fully saturated rings. The van der Waals surface area contributed by atoms with Gasteiger partial charge in [0.2, 0.25) is 5.88 Å². The molecule has 0 aliphatic carbocycles. The van der Waals surface area contributed by atoms with Gasteiger partial charge < -0.3 is 14.6 Å². The molecule has 6 nitrogen and oxygen atoms in total. The van der Waals surface area contributed by atoms with E-state index >= 15 is 0 Å². The van der Waals surface area contributed by atoms with Crippen LogP contribution in [-0.2, 0) is 18.3 Å². The molecule has 1 N–H and O–H groups in total. The van der Waals surface area contributed by atoms with Crippen molar-refractivity contribution in [1.29, 1.82) is 0 Å². The Balaban J connectivity index is 1.98. The molecule has 3 rings (SSSR count). The number of nitrogens with zero attached hydrogens (tertiary/aromatic N) is 3. The summed E-state index contributed by atoms with van der Waals surface area (Å²) >= 11 is 0. The average molecular weight is 454 g/mol. The zero-order valence-corrected chi connectivity index (χ0v) is 19.3. The number of allylic oxidation sites excluding steroid dienone is 1. The van der Waals surface area contributed by atoms with E-state index in [1.54, 1.807) is 43.1 Å². The summed E-state index contributed by atoms with van der Waals surface area (Å²) in [5.41, 5.74) is 2.51. The van der Waals surface area contributed by atoms with Gasteiger partial charge in [0.1, 0.15) is 5.69 Å². The van der Waals surface area contributed by atoms with Crippen molar-refractivity contribution in [2.24, 2.45) is 7.05 Å². The van der Waals surface area contributed by atoms with Gasteiger partial charge in [-0.3, -0.25) is 4.90 Å². The van der Waals surface area contributed by atoms with Crippen molar-refractivity contribution in [3.63, 3.8) is 0 Å². The molecular formula is C26H32FN3O3. The van der Waals surface area contributed by atoms with Gasteiger partial charge in [-0.05, 0) is 25.0 Å². The minimum Gasteiger partial charge on any atom is -0.436 e. The number of hydrogen-bond acceptors (Lipinski definition) is 5. The number of hydrogen-bond donors (Lipinski definition) is 1. The minimum atomic E-state index is -0.507. The zero-order valence-electron chi connectivity index (χ0n) is 19.3. The molecule has 2 aromatic carbocycles. The first kappa shape index (κ1) is 24.6. The largest absolute Gasteiger partial charge is 0.436 e. The second-order valence-electron chi connectivity index (χ2n) is 7.90. The lowest BCUT2D eigenvalue weighted by atomic mass is 10.1. The summed E-state index contributed by atoms with van der Waals surface area (Å²) in [7, 11) is 3.43. The van der Waals surface area contributed by atoms with Crippen LogP contribution in [0, 0.1) is 5.82 Å². The second kappa shape index (κ2) is 12.3. The van der Waals surface area contributed by atoms with E-state index in [0.717, 1.165) is 23.2 Å². The molecule has 0 saturated carbocycles. The summed E-state index contributed by atoms with van der Waals surface area (Å²) < 4.78 is 27.3. The van der Waals surface area contributed by atoms with Crippen molar-refractivity contribution in [1.82, 2.24) is 14.7 Å². The Morgan fingerprint density at radius 2 is 1.91 bits per heavy atom. The summed E-state index contributed by atoms with van der Waals surface area (Å²) in [5, 5.41) is 15.2. The molecule has 1 aromatic heterocycles. The van der Waals surface area contributed by atoms with Crippen LogP contribution in [-0.4, -0.2) is 52.7 Å². The number of aliphatic hydroxyl groups is 1. The van der Waals surface area contributed by atoms with E-state index in [9.17, 15) is 9.50 Å². The van der Waals surface area contributed by atoms with Crippen LogP contribution in [0.15, 0.2) is 67.3 Å². The lowest BCUT2D eigenvalue weighted by Crippen LogP contribution is -2.34. The highest BCUT2D eigenvalue weighted by Crippen LogP contribution is 2.35. The molecule has 1 atom stereocenters. The number of ether oxygens (including phenoxy) is 2. The number of aryl methyl sites for hydroxylation is 1. The maximum absolute atomic E-state index is 14.4. The summed E-state index contributed by atoms with van der Waals surface area (Å²) in [5.74, 6) is 0.153. The molecule has 1 heterocycles. The number of benzene rings is 2. The number of methoxy groups -OCH3 is 1. The Bertz CT molecular complexity index is 1020. The number of para-hydroxylation sites is 1. The topological polar surface area (TPSA) is 59.8 Å². The first-order valence-corrected chi connectivity index (χ1v) is 11.1. The Morgan fingerprint density at radius 3 is 2.61 bits per heavy atom. The first-order chi connectivity index (χ1) is 16.0. The van der Waals surface area contributed by atoms with Crippen LogP contribution in [0.4, 0.5) is 4.39 Å². The molecule has 7 heteroatoms. The van der Waals surface area contributed by atoms with Crippen molar-refractivity contribution < 1.29 is 19.0 Å². The molecule has 0 bridgehead atoms. The van der Waals surface area contributed by atoms with Crippen molar-refractivity contribution in [3.8, 4) is 22.9 Å². The smallest absolute Gasteiger partial charge is 0.222 e. The Labute approximate surface area is 194 Å². The van der Waals surface area contributed by atoms with Gasteiger partial charge >= 0.3 is 0 Å². The van der Waals surface area contributed by atoms with Gasteiger partial charge in [0, 0.05) is 39.4 Å². The minimum absolute atomic E-state index is 0.135. The van der Waals surface area contributed by atoms with Crippen molar-refractivity contribution in [2.45, 2.75) is 25.5 Å². The summed E-state index contributed by atoms with van der Waals surface area (Å²) in [6, 6.07) is 16.1. The average Bonchev–Trinajstić information content (AvgIpc) is 3.13. The maximum Gasteiger partial charge on any atom is 0.222 e. The van der Waals surface area contributed by atoms with Crippen LogP contribution in [0.25, 0.3) is 11.3 Å². The van der Waals surface area contributed by atoms with Gasteiger partial charge in [-0.2, -0.15) is 5.10 Å². The maximum atomic E-state index is 14.4. The SMILES string of the molecule is C=CCC[C@@H](O)CN(CCOC)Cc1c(-c2ccccc2)nn(C)c1Oc1ccccc1F. The standard InChI is InChI=1S/C26H32FN3O3/c1-4-5-13-21(31)18-30(16-17-32-3)19-22-25(20-11-7-6-8-12-20)28-29(2)26(22)33-24-15-10-9-14-23(24)27/h4,6-12,14-15,21,31H,1,5,13,16-19H2,2-3H3/t21-/m1/s1. The third kappa shape index (κ3) is 6.74. The van der Waals surface area contributed by atoms with Crippen LogP contribution in [0.3, 0.4) is 0 Å². The van der Waals surface area contributed by atoms with E-state index in [0.29, 0.717) is 38.5 Å². The van der Waals surface area contributed by atoms with Crippen molar-refractivity contribution in [3.05, 3.63) is 78.6 Å². The normalized spacial score (nSPS) is 12.2. The number of rotatable bonds is 13. The Hall–Kier alpha value is -3.00. The predicted octanol–water partition coefficient (Wildman–Crippen LogP) is 4.79. The fourth-order valence-corrected chi connectivity index (χ4v) is 3.66. The number of aliphatic hydroxyl groups excluding tert-OH is 1. The lowest BCUT2D eigenvalue weighted by molar-refractivity contribution is 0.0806. The van der Waals surface area contributed by atoms with E-state index in [-0.39, 0.29) is 5.75 Å². The number of halogens is 1. The lowest BCUT2D eigenvalue weighted by Gasteiger charge is -2.25. The van der Waals surface area contributed by atoms with E-state index < -0.39 is 11.9 Å². The molecule has 0 radical (unpaired) electrons. The second-order valence-corrected chi connectivity index (χ2v) is 7.90. The quantitative estimate of drug-likeness (QED) is 0.377. The third-order valence-electron chi connectivity index (χ3n) is 5.34. The molecule has 33 heavy (non-hydrogen) atoms. The number of aromatic nitrogens is 2. The fourth-order valence-electron chi connectivity index (χ4n) is 3.66. The van der Waals surface area contributed by atoms with Crippen LogP contribution >= 0.6 is 0 Å². The fraction of sp³-hybridized carbons (Fsp3) is 0.346. The first-order valence-electron chi connectivity index (χ1n) is 11.1. The van der Waals surface area contributed by atoms with Crippen LogP contribution in [0.1, 0.15) is 18.4 Å². The summed E-state index contributed by atoms with van der Waals surface area (Å²) in [4.78, 5) is 2.11. The Kier molecular flexibility index (Phi) is 9.18. The predicted molar refractivity (Wildman–Crippen MR) is 128 cm³/mol. The van der Waals surface area contributed by atoms with Gasteiger partial charge in [0.15, 0.2) is 11.6 Å². The van der Waals surface area contributed by atoms with E-state index in [2.05, 4.69) is 11.5 Å². The Morgan fingerprint density at radius 1 is 1.18 bits per heavy atom. The molecule has 0 amide bonds. The molecule has 176 valence electrons. The molecular weight excluding hydrogens is 421 g/mol. The molecule has 3 aromatic rings. The van der Waals surface area contributed by atoms with Gasteiger partial charge in [-0.15, -0.1) is 6.58 Å². The van der Waals surface area contributed by atoms with E-state index in [1.165, 1.54) is 6.07 Å². The van der Waals surface area contributed by atoms with E-state index in [4.69, 9.17) is 14.6 Å². The monoisotopic (exact) mass is 453 g/mol. The third-order valence-corrected chi connectivity index (χ3v) is 5.34. The van der Waals surface area contributed by atoms with Crippen LogP contribution in [0.2, 0.25) is 0 Å². The molecule has 0 unspecified atom stereocenters. The van der Waals surface area contributed by atoms with Gasteiger partial charge in [0.05, 0.1) is 18.3 Å². The molecule has 0 saturated heterocycles. The van der Waals surface area contributed by atoms with Crippen molar-refractivity contribution >= 4 is 0 Å². The van der Waals surface area contributed by atoms with E-state index in [1.807, 2.05) is 30.3 Å². The zero-order chi connectivity index (χ0) is 23.6. The highest BCUT2D eigenvalue weighted by molar-refractivity contribution is 5.65. The van der Waals surface area contributed by atoms with Crippen LogP contribution < -0.4 is 4.74 Å². The summed E-state index contributed by atoms with van der Waals surface area (Å²) in [6.07, 6.45) is 2.66. The molecule has 0 aliphatic rings.